The molecule has 2 aromatic carbocycles. The summed E-state index contributed by atoms with van der Waals surface area (Å²) in [4.78, 5) is 38.7. The Morgan fingerprint density at radius 3 is 2.37 bits per heavy atom. The lowest BCUT2D eigenvalue weighted by Gasteiger charge is -2.33. The van der Waals surface area contributed by atoms with E-state index in [-0.39, 0.29) is 17.1 Å². The lowest BCUT2D eigenvalue weighted by molar-refractivity contribution is 0.0600. The fourth-order valence-corrected chi connectivity index (χ4v) is 4.20. The predicted molar refractivity (Wildman–Crippen MR) is 138 cm³/mol. The van der Waals surface area contributed by atoms with Crippen LogP contribution in [0.1, 0.15) is 23.2 Å². The molecule has 9 nitrogen and oxygen atoms in total. The number of amides is 2. The number of carbonyl (C=O) groups excluding carboxylic acids is 2. The zero-order valence-electron chi connectivity index (χ0n) is 18.8. The molecule has 35 heavy (non-hydrogen) atoms. The van der Waals surface area contributed by atoms with Gasteiger partial charge in [-0.25, -0.2) is 9.59 Å². The Balaban J connectivity index is 1.36. The zero-order valence-corrected chi connectivity index (χ0v) is 21.2. The number of likely N-dealkylation sites (tertiary alicyclic amines) is 1. The standard InChI is InChI=1S/C24H23BrClN5O4/c1-35-23(33)15-2-8-19(9-3-15)31-22(32)21(26)20(14-27-31)28-18-10-12-30(13-11-18)24(34)29-17-6-4-16(25)5-7-17/h2-9,14,18,28H,10-13H2,1H3,(H,29,34). The Labute approximate surface area is 215 Å². The molecule has 0 spiro atoms. The summed E-state index contributed by atoms with van der Waals surface area (Å²) >= 11 is 9.74. The first-order chi connectivity index (χ1) is 16.9. The molecular formula is C24H23BrClN5O4. The molecule has 2 amide bonds. The van der Waals surface area contributed by atoms with E-state index in [1.165, 1.54) is 18.0 Å². The third kappa shape index (κ3) is 5.83. The number of carbonyl (C=O) groups is 2. The number of rotatable bonds is 5. The van der Waals surface area contributed by atoms with E-state index in [4.69, 9.17) is 11.6 Å². The van der Waals surface area contributed by atoms with Gasteiger partial charge in [0.1, 0.15) is 5.02 Å². The van der Waals surface area contributed by atoms with Gasteiger partial charge in [0.2, 0.25) is 0 Å². The first-order valence-corrected chi connectivity index (χ1v) is 12.1. The minimum absolute atomic E-state index is 0.0208. The fraction of sp³-hybridized carbons (Fsp3) is 0.250. The second-order valence-corrected chi connectivity index (χ2v) is 9.26. The van der Waals surface area contributed by atoms with E-state index in [0.717, 1.165) is 10.2 Å². The maximum absolute atomic E-state index is 12.8. The van der Waals surface area contributed by atoms with Crippen molar-refractivity contribution >= 4 is 50.9 Å². The van der Waals surface area contributed by atoms with Gasteiger partial charge in [-0.15, -0.1) is 0 Å². The quantitative estimate of drug-likeness (QED) is 0.444. The van der Waals surface area contributed by atoms with Gasteiger partial charge in [-0.05, 0) is 61.4 Å². The normalized spacial score (nSPS) is 13.9. The Bertz CT molecular complexity index is 1270. The van der Waals surface area contributed by atoms with Crippen LogP contribution in [0.2, 0.25) is 5.02 Å². The number of anilines is 2. The number of halogens is 2. The van der Waals surface area contributed by atoms with Crippen molar-refractivity contribution in [3.8, 4) is 5.69 Å². The lowest BCUT2D eigenvalue weighted by Crippen LogP contribution is -2.44. The van der Waals surface area contributed by atoms with Crippen molar-refractivity contribution in [2.45, 2.75) is 18.9 Å². The van der Waals surface area contributed by atoms with Crippen molar-refractivity contribution in [1.82, 2.24) is 14.7 Å². The number of nitrogens with one attached hydrogen (secondary N) is 2. The number of ether oxygens (including phenoxy) is 1. The highest BCUT2D eigenvalue weighted by atomic mass is 79.9. The van der Waals surface area contributed by atoms with Crippen LogP contribution >= 0.6 is 27.5 Å². The molecule has 0 bridgehead atoms. The Morgan fingerprint density at radius 1 is 1.09 bits per heavy atom. The topological polar surface area (TPSA) is 106 Å². The number of urea groups is 1. The zero-order chi connectivity index (χ0) is 24.9. The van der Waals surface area contributed by atoms with E-state index in [0.29, 0.717) is 42.9 Å². The molecule has 11 heteroatoms. The van der Waals surface area contributed by atoms with Gasteiger partial charge >= 0.3 is 12.0 Å². The van der Waals surface area contributed by atoms with Gasteiger partial charge in [-0.3, -0.25) is 4.79 Å². The highest BCUT2D eigenvalue weighted by Crippen LogP contribution is 2.22. The highest BCUT2D eigenvalue weighted by molar-refractivity contribution is 9.10. The van der Waals surface area contributed by atoms with Gasteiger partial charge in [0.15, 0.2) is 0 Å². The molecule has 4 rings (SSSR count). The van der Waals surface area contributed by atoms with Crippen LogP contribution in [0.25, 0.3) is 5.69 Å². The van der Waals surface area contributed by atoms with Gasteiger partial charge in [0.05, 0.1) is 30.2 Å². The molecule has 3 aromatic rings. The van der Waals surface area contributed by atoms with Crippen LogP contribution in [-0.4, -0.2) is 52.9 Å². The highest BCUT2D eigenvalue weighted by Gasteiger charge is 2.24. The van der Waals surface area contributed by atoms with E-state index in [2.05, 4.69) is 36.4 Å². The van der Waals surface area contributed by atoms with Crippen LogP contribution < -0.4 is 16.2 Å². The van der Waals surface area contributed by atoms with Crippen molar-refractivity contribution in [2.24, 2.45) is 0 Å². The van der Waals surface area contributed by atoms with Crippen LogP contribution in [0.15, 0.2) is 64.0 Å². The van der Waals surface area contributed by atoms with Gasteiger partial charge < -0.3 is 20.3 Å². The summed E-state index contributed by atoms with van der Waals surface area (Å²) in [6.07, 6.45) is 2.90. The average molecular weight is 561 g/mol. The number of nitrogens with zero attached hydrogens (tertiary/aromatic N) is 3. The van der Waals surface area contributed by atoms with Crippen LogP contribution in [0.4, 0.5) is 16.2 Å². The predicted octanol–water partition coefficient (Wildman–Crippen LogP) is 4.54. The summed E-state index contributed by atoms with van der Waals surface area (Å²) in [6.45, 7) is 1.13. The summed E-state index contributed by atoms with van der Waals surface area (Å²) in [5, 5.41) is 10.4. The van der Waals surface area contributed by atoms with E-state index < -0.39 is 11.5 Å². The Kier molecular flexibility index (Phi) is 7.72. The third-order valence-electron chi connectivity index (χ3n) is 5.69. The number of aromatic nitrogens is 2. The van der Waals surface area contributed by atoms with Crippen molar-refractivity contribution < 1.29 is 14.3 Å². The van der Waals surface area contributed by atoms with Crippen molar-refractivity contribution in [3.63, 3.8) is 0 Å². The first-order valence-electron chi connectivity index (χ1n) is 10.9. The minimum atomic E-state index is -0.478. The van der Waals surface area contributed by atoms with Gasteiger partial charge in [0.25, 0.3) is 5.56 Å². The summed E-state index contributed by atoms with van der Waals surface area (Å²) in [5.74, 6) is -0.466. The van der Waals surface area contributed by atoms with E-state index in [1.54, 1.807) is 29.2 Å². The summed E-state index contributed by atoms with van der Waals surface area (Å²) in [6, 6.07) is 13.6. The van der Waals surface area contributed by atoms with Crippen LogP contribution in [0.3, 0.4) is 0 Å². The third-order valence-corrected chi connectivity index (χ3v) is 6.58. The molecule has 0 radical (unpaired) electrons. The van der Waals surface area contributed by atoms with Crippen LogP contribution in [0, 0.1) is 0 Å². The number of methoxy groups -OCH3 is 1. The molecular weight excluding hydrogens is 538 g/mol. The summed E-state index contributed by atoms with van der Waals surface area (Å²) in [7, 11) is 1.30. The van der Waals surface area contributed by atoms with E-state index in [1.807, 2.05) is 24.3 Å². The molecule has 0 atom stereocenters. The van der Waals surface area contributed by atoms with E-state index in [9.17, 15) is 14.4 Å². The number of esters is 1. The van der Waals surface area contributed by atoms with Crippen molar-refractivity contribution in [2.75, 3.05) is 30.8 Å². The average Bonchev–Trinajstić information content (AvgIpc) is 2.88. The molecule has 1 fully saturated rings. The molecule has 2 N–H and O–H groups in total. The Morgan fingerprint density at radius 2 is 1.74 bits per heavy atom. The first kappa shape index (κ1) is 24.7. The van der Waals surface area contributed by atoms with Crippen molar-refractivity contribution in [1.29, 1.82) is 0 Å². The molecule has 0 aliphatic carbocycles. The van der Waals surface area contributed by atoms with Crippen molar-refractivity contribution in [3.05, 3.63) is 80.1 Å². The maximum Gasteiger partial charge on any atom is 0.337 e. The fourth-order valence-electron chi connectivity index (χ4n) is 3.76. The second-order valence-electron chi connectivity index (χ2n) is 7.97. The molecule has 2 heterocycles. The maximum atomic E-state index is 12.8. The van der Waals surface area contributed by atoms with Gasteiger partial charge in [-0.2, -0.15) is 9.78 Å². The summed E-state index contributed by atoms with van der Waals surface area (Å²) in [5.41, 5.74) is 1.54. The van der Waals surface area contributed by atoms with E-state index >= 15 is 0 Å². The molecule has 1 aliphatic heterocycles. The molecule has 1 aromatic heterocycles. The summed E-state index contributed by atoms with van der Waals surface area (Å²) < 4.78 is 6.80. The number of hydrogen-bond acceptors (Lipinski definition) is 6. The minimum Gasteiger partial charge on any atom is -0.465 e. The molecule has 182 valence electrons. The molecule has 0 saturated carbocycles. The number of benzene rings is 2. The smallest absolute Gasteiger partial charge is 0.337 e. The van der Waals surface area contributed by atoms with Gasteiger partial charge in [-0.1, -0.05) is 27.5 Å². The number of piperidine rings is 1. The van der Waals surface area contributed by atoms with Gasteiger partial charge in [0, 0.05) is 29.3 Å². The molecule has 1 aliphatic rings. The monoisotopic (exact) mass is 559 g/mol. The Hall–Kier alpha value is -3.37. The largest absolute Gasteiger partial charge is 0.465 e. The second kappa shape index (κ2) is 10.9. The molecule has 1 saturated heterocycles. The lowest BCUT2D eigenvalue weighted by atomic mass is 10.1. The van der Waals surface area contributed by atoms with Crippen LogP contribution in [0.5, 0.6) is 0 Å². The SMILES string of the molecule is COC(=O)c1ccc(-n2ncc(NC3CCN(C(=O)Nc4ccc(Br)cc4)CC3)c(Cl)c2=O)cc1. The van der Waals surface area contributed by atoms with Crippen LogP contribution in [-0.2, 0) is 4.74 Å². The number of hydrogen-bond donors (Lipinski definition) is 2. The molecule has 0 unspecified atom stereocenters.